The monoisotopic (exact) mass is 389 g/mol. The van der Waals surface area contributed by atoms with Crippen LogP contribution in [-0.4, -0.2) is 23.4 Å². The summed E-state index contributed by atoms with van der Waals surface area (Å²) in [6, 6.07) is 15.9. The van der Waals surface area contributed by atoms with E-state index in [1.165, 1.54) is 0 Å². The molecule has 0 fully saturated rings. The smallest absolute Gasteiger partial charge is 0.139 e. The van der Waals surface area contributed by atoms with E-state index in [1.807, 2.05) is 36.5 Å². The Morgan fingerprint density at radius 2 is 1.93 bits per heavy atom. The van der Waals surface area contributed by atoms with Gasteiger partial charge in [-0.15, -0.1) is 0 Å². The second-order valence-electron chi connectivity index (χ2n) is 6.54. The van der Waals surface area contributed by atoms with Crippen molar-refractivity contribution in [3.8, 4) is 0 Å². The number of para-hydroxylation sites is 1. The molecule has 140 valence electrons. The molecule has 2 N–H and O–H groups in total. The highest BCUT2D eigenvalue weighted by atomic mass is 35.5. The van der Waals surface area contributed by atoms with Crippen LogP contribution in [0.3, 0.4) is 0 Å². The van der Waals surface area contributed by atoms with Crippen molar-refractivity contribution in [1.29, 1.82) is 0 Å². The highest BCUT2D eigenvalue weighted by molar-refractivity contribution is 6.30. The first kappa shape index (κ1) is 18.2. The van der Waals surface area contributed by atoms with Crippen molar-refractivity contribution in [2.24, 2.45) is 4.99 Å². The van der Waals surface area contributed by atoms with Crippen molar-refractivity contribution in [2.45, 2.75) is 13.0 Å². The van der Waals surface area contributed by atoms with Crippen LogP contribution in [-0.2, 0) is 0 Å². The molecular formula is C22H20ClN5. The van der Waals surface area contributed by atoms with E-state index in [4.69, 9.17) is 16.6 Å². The Hall–Kier alpha value is -3.18. The number of fused-ring (bicyclic) bond motifs is 3. The Kier molecular flexibility index (Phi) is 5.08. The SMILES string of the molecule is C/N=C\NC(C)c1cccc2c1nc(Nc1cccc(Cl)c1)c1ccncc12. The number of pyridine rings is 2. The van der Waals surface area contributed by atoms with Crippen molar-refractivity contribution < 1.29 is 0 Å². The molecule has 0 saturated carbocycles. The third-order valence-corrected chi connectivity index (χ3v) is 4.90. The molecule has 0 aliphatic rings. The first-order valence-corrected chi connectivity index (χ1v) is 9.41. The summed E-state index contributed by atoms with van der Waals surface area (Å²) in [4.78, 5) is 13.3. The Balaban J connectivity index is 1.92. The van der Waals surface area contributed by atoms with Crippen molar-refractivity contribution in [3.05, 3.63) is 71.5 Å². The second kappa shape index (κ2) is 7.82. The van der Waals surface area contributed by atoms with E-state index < -0.39 is 0 Å². The third kappa shape index (κ3) is 3.49. The summed E-state index contributed by atoms with van der Waals surface area (Å²) < 4.78 is 0. The van der Waals surface area contributed by atoms with Gasteiger partial charge >= 0.3 is 0 Å². The molecule has 0 spiro atoms. The summed E-state index contributed by atoms with van der Waals surface area (Å²) in [6.45, 7) is 2.09. The van der Waals surface area contributed by atoms with Gasteiger partial charge in [0.25, 0.3) is 0 Å². The lowest BCUT2D eigenvalue weighted by Crippen LogP contribution is -2.17. The van der Waals surface area contributed by atoms with E-state index >= 15 is 0 Å². The maximum absolute atomic E-state index is 6.15. The molecule has 6 heteroatoms. The summed E-state index contributed by atoms with van der Waals surface area (Å²) in [7, 11) is 1.74. The Labute approximate surface area is 168 Å². The van der Waals surface area contributed by atoms with Crippen molar-refractivity contribution in [1.82, 2.24) is 15.3 Å². The van der Waals surface area contributed by atoms with Crippen LogP contribution in [0.15, 0.2) is 65.9 Å². The largest absolute Gasteiger partial charge is 0.370 e. The number of hydrogen-bond acceptors (Lipinski definition) is 4. The van der Waals surface area contributed by atoms with Crippen molar-refractivity contribution in [3.63, 3.8) is 0 Å². The van der Waals surface area contributed by atoms with Gasteiger partial charge in [-0.3, -0.25) is 9.98 Å². The van der Waals surface area contributed by atoms with Gasteiger partial charge in [-0.05, 0) is 31.2 Å². The number of benzene rings is 2. The average Bonchev–Trinajstić information content (AvgIpc) is 2.72. The highest BCUT2D eigenvalue weighted by Crippen LogP contribution is 2.33. The summed E-state index contributed by atoms with van der Waals surface area (Å²) in [5.74, 6) is 0.774. The van der Waals surface area contributed by atoms with Crippen LogP contribution in [0.1, 0.15) is 18.5 Å². The van der Waals surface area contributed by atoms with Gasteiger partial charge in [0, 0.05) is 51.9 Å². The zero-order chi connectivity index (χ0) is 19.5. The van der Waals surface area contributed by atoms with E-state index in [0.717, 1.165) is 38.7 Å². The summed E-state index contributed by atoms with van der Waals surface area (Å²) in [5, 5.41) is 10.5. The van der Waals surface area contributed by atoms with Crippen molar-refractivity contribution >= 4 is 51.1 Å². The van der Waals surface area contributed by atoms with Gasteiger partial charge < -0.3 is 10.6 Å². The molecule has 1 atom stereocenters. The van der Waals surface area contributed by atoms with E-state index in [2.05, 4.69) is 45.7 Å². The van der Waals surface area contributed by atoms with E-state index in [9.17, 15) is 0 Å². The van der Waals surface area contributed by atoms with Crippen LogP contribution >= 0.6 is 11.6 Å². The molecule has 4 aromatic rings. The molecule has 2 aromatic heterocycles. The van der Waals surface area contributed by atoms with Gasteiger partial charge in [0.2, 0.25) is 0 Å². The van der Waals surface area contributed by atoms with Gasteiger partial charge in [0.15, 0.2) is 0 Å². The molecule has 0 aliphatic carbocycles. The van der Waals surface area contributed by atoms with Gasteiger partial charge in [0.1, 0.15) is 5.82 Å². The molecule has 0 aliphatic heterocycles. The molecule has 2 heterocycles. The molecular weight excluding hydrogens is 370 g/mol. The molecule has 1 unspecified atom stereocenters. The fourth-order valence-electron chi connectivity index (χ4n) is 3.31. The maximum Gasteiger partial charge on any atom is 0.139 e. The van der Waals surface area contributed by atoms with Gasteiger partial charge in [0.05, 0.1) is 17.9 Å². The molecule has 0 saturated heterocycles. The van der Waals surface area contributed by atoms with E-state index in [-0.39, 0.29) is 6.04 Å². The number of hydrogen-bond donors (Lipinski definition) is 2. The van der Waals surface area contributed by atoms with Crippen LogP contribution in [0.4, 0.5) is 11.5 Å². The van der Waals surface area contributed by atoms with Crippen LogP contribution in [0.25, 0.3) is 21.7 Å². The quantitative estimate of drug-likeness (QED) is 0.269. The van der Waals surface area contributed by atoms with Crippen LogP contribution in [0, 0.1) is 0 Å². The fourth-order valence-corrected chi connectivity index (χ4v) is 3.51. The molecule has 2 aromatic carbocycles. The lowest BCUT2D eigenvalue weighted by molar-refractivity contribution is 0.731. The number of nitrogens with one attached hydrogen (secondary N) is 2. The molecule has 28 heavy (non-hydrogen) atoms. The standard InChI is InChI=1S/C22H20ClN5/c1-14(26-13-24-2)17-7-4-8-18-20-12-25-10-9-19(20)22(28-21(17)18)27-16-6-3-5-15(23)11-16/h3-14H,1-2H3,(H,24,26)(H,27,28). The summed E-state index contributed by atoms with van der Waals surface area (Å²) in [5.41, 5.74) is 2.91. The zero-order valence-corrected chi connectivity index (χ0v) is 16.4. The number of aromatic nitrogens is 2. The van der Waals surface area contributed by atoms with Gasteiger partial charge in [-0.25, -0.2) is 4.98 Å². The molecule has 0 bridgehead atoms. The number of aliphatic imine (C=N–C) groups is 1. The fraction of sp³-hybridized carbons (Fsp3) is 0.136. The molecule has 5 nitrogen and oxygen atoms in total. The summed E-state index contributed by atoms with van der Waals surface area (Å²) >= 11 is 6.15. The third-order valence-electron chi connectivity index (χ3n) is 4.66. The predicted octanol–water partition coefficient (Wildman–Crippen LogP) is 5.49. The predicted molar refractivity (Wildman–Crippen MR) is 118 cm³/mol. The van der Waals surface area contributed by atoms with Crippen molar-refractivity contribution in [2.75, 3.05) is 12.4 Å². The molecule has 4 rings (SSSR count). The van der Waals surface area contributed by atoms with Crippen LogP contribution in [0.2, 0.25) is 5.02 Å². The zero-order valence-electron chi connectivity index (χ0n) is 15.6. The topological polar surface area (TPSA) is 62.2 Å². The Morgan fingerprint density at radius 3 is 2.75 bits per heavy atom. The van der Waals surface area contributed by atoms with E-state index in [1.54, 1.807) is 19.6 Å². The van der Waals surface area contributed by atoms with E-state index in [0.29, 0.717) is 5.02 Å². The summed E-state index contributed by atoms with van der Waals surface area (Å²) in [6.07, 6.45) is 5.37. The van der Waals surface area contributed by atoms with Gasteiger partial charge in [-0.1, -0.05) is 35.9 Å². The number of rotatable bonds is 5. The Morgan fingerprint density at radius 1 is 1.07 bits per heavy atom. The maximum atomic E-state index is 6.15. The average molecular weight is 390 g/mol. The lowest BCUT2D eigenvalue weighted by Gasteiger charge is -2.17. The number of halogens is 1. The first-order valence-electron chi connectivity index (χ1n) is 9.03. The Bertz CT molecular complexity index is 1170. The lowest BCUT2D eigenvalue weighted by atomic mass is 10.0. The highest BCUT2D eigenvalue weighted by Gasteiger charge is 2.14. The number of nitrogens with zero attached hydrogens (tertiary/aromatic N) is 3. The minimum absolute atomic E-state index is 0.0630. The van der Waals surface area contributed by atoms with Crippen LogP contribution in [0.5, 0.6) is 0 Å². The molecule has 0 amide bonds. The minimum Gasteiger partial charge on any atom is -0.370 e. The molecule has 0 radical (unpaired) electrons. The number of anilines is 2. The van der Waals surface area contributed by atoms with Gasteiger partial charge in [-0.2, -0.15) is 0 Å². The van der Waals surface area contributed by atoms with Crippen LogP contribution < -0.4 is 10.6 Å². The first-order chi connectivity index (χ1) is 13.7. The second-order valence-corrected chi connectivity index (χ2v) is 6.97. The normalized spacial score (nSPS) is 12.5. The minimum atomic E-state index is 0.0630.